The molecular weight excluding hydrogens is 306 g/mol. The van der Waals surface area contributed by atoms with Crippen LogP contribution in [0.5, 0.6) is 5.75 Å². The number of carbonyl (C=O) groups is 1. The summed E-state index contributed by atoms with van der Waals surface area (Å²) in [7, 11) is 1.53. The van der Waals surface area contributed by atoms with Crippen LogP contribution in [0, 0.1) is 0 Å². The highest BCUT2D eigenvalue weighted by atomic mass is 16.5. The molecule has 0 aliphatic carbocycles. The van der Waals surface area contributed by atoms with Crippen LogP contribution in [0.2, 0.25) is 0 Å². The Morgan fingerprint density at radius 1 is 1.50 bits per heavy atom. The van der Waals surface area contributed by atoms with Crippen LogP contribution in [0.15, 0.2) is 30.7 Å². The summed E-state index contributed by atoms with van der Waals surface area (Å²) in [5.41, 5.74) is 2.98. The highest BCUT2D eigenvalue weighted by Gasteiger charge is 2.31. The van der Waals surface area contributed by atoms with E-state index in [4.69, 9.17) is 9.47 Å². The zero-order valence-corrected chi connectivity index (χ0v) is 14.3. The number of nitrogens with one attached hydrogen (secondary N) is 1. The monoisotopic (exact) mass is 329 g/mol. The highest BCUT2D eigenvalue weighted by Crippen LogP contribution is 2.42. The molecule has 6 nitrogen and oxygen atoms in total. The molecule has 0 saturated carbocycles. The van der Waals surface area contributed by atoms with Crippen molar-refractivity contribution in [2.45, 2.75) is 25.7 Å². The number of aromatic amines is 1. The lowest BCUT2D eigenvalue weighted by atomic mass is 9.83. The molecule has 2 heterocycles. The maximum absolute atomic E-state index is 12.2. The van der Waals surface area contributed by atoms with E-state index in [1.54, 1.807) is 11.2 Å². The predicted octanol–water partition coefficient (Wildman–Crippen LogP) is 2.69. The second kappa shape index (κ2) is 7.05. The van der Waals surface area contributed by atoms with Crippen molar-refractivity contribution in [2.75, 3.05) is 31.8 Å². The van der Waals surface area contributed by atoms with Gasteiger partial charge in [-0.3, -0.25) is 4.79 Å². The molecule has 2 atom stereocenters. The number of H-pyrrole nitrogens is 1. The van der Waals surface area contributed by atoms with E-state index >= 15 is 0 Å². The first-order valence-electron chi connectivity index (χ1n) is 8.20. The number of hydrogen-bond acceptors (Lipinski definition) is 4. The van der Waals surface area contributed by atoms with Crippen LogP contribution in [-0.4, -0.2) is 42.7 Å². The molecule has 1 N–H and O–H groups in total. The molecule has 0 bridgehead atoms. The molecule has 1 unspecified atom stereocenters. The van der Waals surface area contributed by atoms with Crippen molar-refractivity contribution in [1.29, 1.82) is 0 Å². The molecule has 1 amide bonds. The van der Waals surface area contributed by atoms with Gasteiger partial charge in [0.2, 0.25) is 0 Å². The summed E-state index contributed by atoms with van der Waals surface area (Å²) in [6, 6.07) is 5.93. The zero-order chi connectivity index (χ0) is 17.1. The molecule has 6 heteroatoms. The minimum Gasteiger partial charge on any atom is -0.493 e. The number of anilines is 1. The van der Waals surface area contributed by atoms with Crippen LogP contribution < -0.4 is 9.64 Å². The Kier molecular flexibility index (Phi) is 4.85. The Morgan fingerprint density at radius 3 is 3.00 bits per heavy atom. The van der Waals surface area contributed by atoms with Crippen LogP contribution in [0.3, 0.4) is 0 Å². The van der Waals surface area contributed by atoms with E-state index in [-0.39, 0.29) is 24.3 Å². The summed E-state index contributed by atoms with van der Waals surface area (Å²) >= 11 is 0. The third-order valence-electron chi connectivity index (χ3n) is 4.60. The Morgan fingerprint density at radius 2 is 2.33 bits per heavy atom. The molecule has 0 radical (unpaired) electrons. The minimum atomic E-state index is -0.0480. The van der Waals surface area contributed by atoms with E-state index in [9.17, 15) is 4.79 Å². The van der Waals surface area contributed by atoms with E-state index in [1.807, 2.05) is 25.3 Å². The maximum Gasteiger partial charge on any atom is 0.252 e. The van der Waals surface area contributed by atoms with Gasteiger partial charge in [0.05, 0.1) is 18.6 Å². The van der Waals surface area contributed by atoms with Crippen molar-refractivity contribution in [3.63, 3.8) is 0 Å². The van der Waals surface area contributed by atoms with Crippen LogP contribution in [0.25, 0.3) is 0 Å². The second-order valence-corrected chi connectivity index (χ2v) is 5.99. The van der Waals surface area contributed by atoms with Crippen LogP contribution in [0.4, 0.5) is 5.69 Å². The number of carbonyl (C=O) groups excluding carboxylic acids is 1. The first-order valence-corrected chi connectivity index (χ1v) is 8.20. The third-order valence-corrected chi connectivity index (χ3v) is 4.60. The van der Waals surface area contributed by atoms with Gasteiger partial charge in [-0.05, 0) is 36.6 Å². The number of benzene rings is 1. The molecule has 0 saturated heterocycles. The Hall–Kier alpha value is -2.34. The predicted molar refractivity (Wildman–Crippen MR) is 91.6 cm³/mol. The number of nitrogens with zero attached hydrogens (tertiary/aromatic N) is 2. The topological polar surface area (TPSA) is 67.5 Å². The van der Waals surface area contributed by atoms with Crippen molar-refractivity contribution < 1.29 is 14.3 Å². The first-order chi connectivity index (χ1) is 11.7. The molecular formula is C18H23N3O3. The van der Waals surface area contributed by atoms with Gasteiger partial charge in [0, 0.05) is 31.5 Å². The fraction of sp³-hybridized carbons (Fsp3) is 0.444. The average molecular weight is 329 g/mol. The highest BCUT2D eigenvalue weighted by molar-refractivity contribution is 5.94. The van der Waals surface area contributed by atoms with Gasteiger partial charge >= 0.3 is 0 Å². The van der Waals surface area contributed by atoms with Crippen molar-refractivity contribution in [3.05, 3.63) is 42.0 Å². The largest absolute Gasteiger partial charge is 0.493 e. The number of ether oxygens (including phenoxy) is 2. The summed E-state index contributed by atoms with van der Waals surface area (Å²) < 4.78 is 10.9. The standard InChI is InChI=1S/C18H23N3O3/c1-4-21(18(22)10-23-3)13-5-6-17-14(7-13)12(2)15(9-24-17)16-8-19-11-20-16/h5-8,11-12,15H,4,9-10H2,1-3H3,(H,19,20)/t12-,15?/m0/s1. The van der Waals surface area contributed by atoms with E-state index in [0.717, 1.165) is 22.7 Å². The lowest BCUT2D eigenvalue weighted by Crippen LogP contribution is -2.34. The molecule has 1 aliphatic rings. The Bertz CT molecular complexity index is 700. The van der Waals surface area contributed by atoms with Crippen molar-refractivity contribution in [3.8, 4) is 5.75 Å². The fourth-order valence-corrected chi connectivity index (χ4v) is 3.25. The molecule has 2 aromatic rings. The number of methoxy groups -OCH3 is 1. The maximum atomic E-state index is 12.2. The van der Waals surface area contributed by atoms with Crippen molar-refractivity contribution >= 4 is 11.6 Å². The second-order valence-electron chi connectivity index (χ2n) is 5.99. The van der Waals surface area contributed by atoms with Crippen molar-refractivity contribution in [2.24, 2.45) is 0 Å². The molecule has 0 spiro atoms. The Balaban J connectivity index is 1.91. The molecule has 1 aromatic carbocycles. The van der Waals surface area contributed by atoms with Gasteiger partial charge in [-0.25, -0.2) is 4.98 Å². The SMILES string of the molecule is CCN(C(=O)COC)c1ccc2c(c1)[C@H](C)C(c1c[nH]cn1)CO2. The van der Waals surface area contributed by atoms with Crippen LogP contribution >= 0.6 is 0 Å². The number of hydrogen-bond donors (Lipinski definition) is 1. The average Bonchev–Trinajstić information content (AvgIpc) is 3.11. The summed E-state index contributed by atoms with van der Waals surface area (Å²) in [4.78, 5) is 21.3. The summed E-state index contributed by atoms with van der Waals surface area (Å²) in [6.45, 7) is 5.42. The van der Waals surface area contributed by atoms with Crippen molar-refractivity contribution in [1.82, 2.24) is 9.97 Å². The van der Waals surface area contributed by atoms with E-state index in [2.05, 4.69) is 23.0 Å². The number of amides is 1. The molecule has 1 aromatic heterocycles. The Labute approximate surface area is 141 Å². The summed E-state index contributed by atoms with van der Waals surface area (Å²) in [5.74, 6) is 1.29. The number of rotatable bonds is 5. The lowest BCUT2D eigenvalue weighted by molar-refractivity contribution is -0.122. The zero-order valence-electron chi connectivity index (χ0n) is 14.3. The van der Waals surface area contributed by atoms with Gasteiger partial charge in [-0.1, -0.05) is 6.92 Å². The lowest BCUT2D eigenvalue weighted by Gasteiger charge is -2.32. The van der Waals surface area contributed by atoms with E-state index in [0.29, 0.717) is 13.2 Å². The van der Waals surface area contributed by atoms with Gasteiger partial charge < -0.3 is 19.4 Å². The van der Waals surface area contributed by atoms with E-state index in [1.165, 1.54) is 7.11 Å². The molecule has 128 valence electrons. The number of imidazole rings is 1. The number of aromatic nitrogens is 2. The third kappa shape index (κ3) is 3.01. The molecule has 1 aliphatic heterocycles. The smallest absolute Gasteiger partial charge is 0.252 e. The molecule has 24 heavy (non-hydrogen) atoms. The van der Waals surface area contributed by atoms with Gasteiger partial charge in [0.15, 0.2) is 0 Å². The number of fused-ring (bicyclic) bond motifs is 1. The van der Waals surface area contributed by atoms with Crippen LogP contribution in [-0.2, 0) is 9.53 Å². The quantitative estimate of drug-likeness (QED) is 0.916. The minimum absolute atomic E-state index is 0.0480. The van der Waals surface area contributed by atoms with Gasteiger partial charge in [0.25, 0.3) is 5.91 Å². The van der Waals surface area contributed by atoms with Gasteiger partial charge in [-0.15, -0.1) is 0 Å². The first kappa shape index (κ1) is 16.5. The van der Waals surface area contributed by atoms with Gasteiger partial charge in [0.1, 0.15) is 12.4 Å². The fourth-order valence-electron chi connectivity index (χ4n) is 3.25. The van der Waals surface area contributed by atoms with Gasteiger partial charge in [-0.2, -0.15) is 0 Å². The molecule has 3 rings (SSSR count). The molecule has 0 fully saturated rings. The normalized spacial score (nSPS) is 19.5. The van der Waals surface area contributed by atoms with E-state index < -0.39 is 0 Å². The number of likely N-dealkylation sites (N-methyl/N-ethyl adjacent to an activating group) is 1. The summed E-state index contributed by atoms with van der Waals surface area (Å²) in [6.07, 6.45) is 3.61. The van der Waals surface area contributed by atoms with Crippen LogP contribution in [0.1, 0.15) is 36.9 Å². The summed E-state index contributed by atoms with van der Waals surface area (Å²) in [5, 5.41) is 0.